The maximum absolute atomic E-state index is 12.8. The van der Waals surface area contributed by atoms with Crippen molar-refractivity contribution in [2.24, 2.45) is 0 Å². The number of benzene rings is 2. The van der Waals surface area contributed by atoms with E-state index in [9.17, 15) is 9.90 Å². The first-order chi connectivity index (χ1) is 15.2. The number of amides is 1. The molecule has 3 heterocycles. The fourth-order valence-corrected chi connectivity index (χ4v) is 4.03. The zero-order valence-corrected chi connectivity index (χ0v) is 17.0. The number of aromatic nitrogens is 3. The largest absolute Gasteiger partial charge is 0.508 e. The lowest BCUT2D eigenvalue weighted by Gasteiger charge is -2.14. The number of carbonyl (C=O) groups excluding carboxylic acids is 1. The van der Waals surface area contributed by atoms with Crippen molar-refractivity contribution >= 4 is 22.5 Å². The summed E-state index contributed by atoms with van der Waals surface area (Å²) >= 11 is 0. The fourth-order valence-electron chi connectivity index (χ4n) is 4.03. The van der Waals surface area contributed by atoms with E-state index in [0.29, 0.717) is 11.4 Å². The van der Waals surface area contributed by atoms with Gasteiger partial charge in [0.05, 0.1) is 5.52 Å². The SMILES string of the molecule is O=C(Nc1ccc(O)cc1)c1n[nH]c2ccc(-c3cncc(CN4CCCC4)c3)cc12. The topological polar surface area (TPSA) is 94.1 Å². The highest BCUT2D eigenvalue weighted by molar-refractivity contribution is 6.11. The number of carbonyl (C=O) groups is 1. The van der Waals surface area contributed by atoms with Crippen molar-refractivity contribution in [3.05, 3.63) is 72.2 Å². The van der Waals surface area contributed by atoms with Crippen molar-refractivity contribution in [1.82, 2.24) is 20.1 Å². The van der Waals surface area contributed by atoms with Crippen LogP contribution in [0.25, 0.3) is 22.0 Å². The van der Waals surface area contributed by atoms with E-state index >= 15 is 0 Å². The number of anilines is 1. The fraction of sp³-hybridized carbons (Fsp3) is 0.208. The van der Waals surface area contributed by atoms with E-state index in [-0.39, 0.29) is 11.7 Å². The van der Waals surface area contributed by atoms with Gasteiger partial charge in [0.1, 0.15) is 5.75 Å². The highest BCUT2D eigenvalue weighted by Gasteiger charge is 2.16. The summed E-state index contributed by atoms with van der Waals surface area (Å²) < 4.78 is 0. The van der Waals surface area contributed by atoms with Crippen molar-refractivity contribution in [2.45, 2.75) is 19.4 Å². The van der Waals surface area contributed by atoms with Crippen LogP contribution in [0.2, 0.25) is 0 Å². The predicted molar refractivity (Wildman–Crippen MR) is 120 cm³/mol. The number of aromatic hydroxyl groups is 1. The van der Waals surface area contributed by atoms with Crippen molar-refractivity contribution in [2.75, 3.05) is 18.4 Å². The number of aromatic amines is 1. The van der Waals surface area contributed by atoms with Crippen molar-refractivity contribution in [3.8, 4) is 16.9 Å². The third kappa shape index (κ3) is 4.13. The third-order valence-electron chi connectivity index (χ3n) is 5.64. The van der Waals surface area contributed by atoms with Gasteiger partial charge in [-0.2, -0.15) is 5.10 Å². The summed E-state index contributed by atoms with van der Waals surface area (Å²) in [5, 5.41) is 20.1. The molecule has 2 aromatic heterocycles. The van der Waals surface area contributed by atoms with E-state index in [1.165, 1.54) is 30.5 Å². The van der Waals surface area contributed by atoms with Gasteiger partial charge in [-0.15, -0.1) is 0 Å². The van der Waals surface area contributed by atoms with Crippen LogP contribution in [0.15, 0.2) is 60.9 Å². The molecule has 7 nitrogen and oxygen atoms in total. The van der Waals surface area contributed by atoms with Crippen LogP contribution in [0, 0.1) is 0 Å². The Balaban J connectivity index is 1.42. The summed E-state index contributed by atoms with van der Waals surface area (Å²) in [6.07, 6.45) is 6.30. The van der Waals surface area contributed by atoms with Gasteiger partial charge < -0.3 is 10.4 Å². The summed E-state index contributed by atoms with van der Waals surface area (Å²) in [7, 11) is 0. The Morgan fingerprint density at radius 3 is 2.65 bits per heavy atom. The molecule has 1 fully saturated rings. The molecule has 0 atom stereocenters. The van der Waals surface area contributed by atoms with Gasteiger partial charge in [0.15, 0.2) is 5.69 Å². The Bertz CT molecular complexity index is 1230. The molecule has 1 saturated heterocycles. The van der Waals surface area contributed by atoms with Gasteiger partial charge in [-0.1, -0.05) is 6.07 Å². The Kier molecular flexibility index (Phi) is 5.09. The molecule has 0 radical (unpaired) electrons. The number of nitrogens with zero attached hydrogens (tertiary/aromatic N) is 3. The molecule has 4 aromatic rings. The molecule has 31 heavy (non-hydrogen) atoms. The number of hydrogen-bond donors (Lipinski definition) is 3. The number of rotatable bonds is 5. The summed E-state index contributed by atoms with van der Waals surface area (Å²) in [5.41, 5.74) is 4.91. The van der Waals surface area contributed by atoms with E-state index in [1.807, 2.05) is 30.6 Å². The second kappa shape index (κ2) is 8.20. The number of pyridine rings is 1. The summed E-state index contributed by atoms with van der Waals surface area (Å²) in [6, 6.07) is 14.4. The van der Waals surface area contributed by atoms with Crippen molar-refractivity contribution in [3.63, 3.8) is 0 Å². The van der Waals surface area contributed by atoms with Crippen LogP contribution < -0.4 is 5.32 Å². The van der Waals surface area contributed by atoms with Crippen LogP contribution in [0.5, 0.6) is 5.75 Å². The molecule has 1 amide bonds. The number of phenols is 1. The minimum Gasteiger partial charge on any atom is -0.508 e. The first kappa shape index (κ1) is 19.3. The van der Waals surface area contributed by atoms with Gasteiger partial charge >= 0.3 is 0 Å². The smallest absolute Gasteiger partial charge is 0.276 e. The normalized spacial score (nSPS) is 14.2. The van der Waals surface area contributed by atoms with Crippen LogP contribution in [0.1, 0.15) is 28.9 Å². The molecule has 0 spiro atoms. The van der Waals surface area contributed by atoms with E-state index < -0.39 is 0 Å². The van der Waals surface area contributed by atoms with Gasteiger partial charge in [-0.3, -0.25) is 19.8 Å². The second-order valence-electron chi connectivity index (χ2n) is 7.90. The number of likely N-dealkylation sites (tertiary alicyclic amines) is 1. The van der Waals surface area contributed by atoms with E-state index in [4.69, 9.17) is 0 Å². The van der Waals surface area contributed by atoms with Gasteiger partial charge in [0.25, 0.3) is 5.91 Å². The van der Waals surface area contributed by atoms with Crippen LogP contribution >= 0.6 is 0 Å². The average Bonchev–Trinajstić information content (AvgIpc) is 3.45. The molecule has 1 aliphatic rings. The summed E-state index contributed by atoms with van der Waals surface area (Å²) in [6.45, 7) is 3.20. The average molecular weight is 413 g/mol. The number of phenolic OH excluding ortho intramolecular Hbond substituents is 1. The number of hydrogen-bond acceptors (Lipinski definition) is 5. The zero-order valence-electron chi connectivity index (χ0n) is 17.0. The highest BCUT2D eigenvalue weighted by atomic mass is 16.3. The zero-order chi connectivity index (χ0) is 21.2. The van der Waals surface area contributed by atoms with Crippen LogP contribution in [0.4, 0.5) is 5.69 Å². The van der Waals surface area contributed by atoms with Gasteiger partial charge in [0, 0.05) is 35.6 Å². The Morgan fingerprint density at radius 2 is 1.84 bits per heavy atom. The summed E-state index contributed by atoms with van der Waals surface area (Å²) in [4.78, 5) is 19.7. The Hall–Kier alpha value is -3.71. The predicted octanol–water partition coefficient (Wildman–Crippen LogP) is 4.18. The molecule has 0 unspecified atom stereocenters. The van der Waals surface area contributed by atoms with Crippen molar-refractivity contribution in [1.29, 1.82) is 0 Å². The van der Waals surface area contributed by atoms with Crippen LogP contribution in [-0.4, -0.2) is 44.2 Å². The molecular formula is C24H23N5O2. The van der Waals surface area contributed by atoms with Crippen molar-refractivity contribution < 1.29 is 9.90 Å². The number of fused-ring (bicyclic) bond motifs is 1. The number of nitrogens with one attached hydrogen (secondary N) is 2. The molecule has 0 aliphatic carbocycles. The van der Waals surface area contributed by atoms with Gasteiger partial charge in [0.2, 0.25) is 0 Å². The number of H-pyrrole nitrogens is 1. The van der Waals surface area contributed by atoms with E-state index in [2.05, 4.69) is 31.5 Å². The minimum atomic E-state index is -0.310. The molecular weight excluding hydrogens is 390 g/mol. The second-order valence-corrected chi connectivity index (χ2v) is 7.90. The molecule has 0 bridgehead atoms. The van der Waals surface area contributed by atoms with Crippen LogP contribution in [0.3, 0.4) is 0 Å². The van der Waals surface area contributed by atoms with Gasteiger partial charge in [-0.05, 0) is 79.5 Å². The maximum Gasteiger partial charge on any atom is 0.276 e. The Labute approximate surface area is 179 Å². The lowest BCUT2D eigenvalue weighted by Crippen LogP contribution is -2.18. The van der Waals surface area contributed by atoms with Crippen LogP contribution in [-0.2, 0) is 6.54 Å². The van der Waals surface area contributed by atoms with E-state index in [0.717, 1.165) is 41.7 Å². The quantitative estimate of drug-likeness (QED) is 0.427. The third-order valence-corrected chi connectivity index (χ3v) is 5.64. The first-order valence-corrected chi connectivity index (χ1v) is 10.4. The highest BCUT2D eigenvalue weighted by Crippen LogP contribution is 2.27. The van der Waals surface area contributed by atoms with Gasteiger partial charge in [-0.25, -0.2) is 0 Å². The lowest BCUT2D eigenvalue weighted by atomic mass is 10.0. The van der Waals surface area contributed by atoms with E-state index in [1.54, 1.807) is 12.1 Å². The molecule has 5 rings (SSSR count). The maximum atomic E-state index is 12.8. The molecule has 7 heteroatoms. The summed E-state index contributed by atoms with van der Waals surface area (Å²) in [5.74, 6) is -0.163. The monoisotopic (exact) mass is 413 g/mol. The minimum absolute atomic E-state index is 0.147. The molecule has 156 valence electrons. The molecule has 0 saturated carbocycles. The lowest BCUT2D eigenvalue weighted by molar-refractivity contribution is 0.102. The Morgan fingerprint density at radius 1 is 1.03 bits per heavy atom. The molecule has 3 N–H and O–H groups in total. The molecule has 1 aliphatic heterocycles. The molecule has 2 aromatic carbocycles. The standard InChI is InChI=1S/C24H23N5O2/c30-20-6-4-19(5-7-20)26-24(31)23-21-12-17(3-8-22(21)27-28-23)18-11-16(13-25-14-18)15-29-9-1-2-10-29/h3-8,11-14,30H,1-2,9-10,15H2,(H,26,31)(H,27,28). The first-order valence-electron chi connectivity index (χ1n) is 10.4.